The number of aliphatic imine (C=N–C) groups is 1. The molecule has 0 aromatic heterocycles. The van der Waals surface area contributed by atoms with Crippen molar-refractivity contribution >= 4 is 17.6 Å². The van der Waals surface area contributed by atoms with Crippen LogP contribution in [0.3, 0.4) is 0 Å². The number of guanidine groups is 1. The van der Waals surface area contributed by atoms with Crippen molar-refractivity contribution in [3.05, 3.63) is 28.8 Å². The second kappa shape index (κ2) is 9.62. The molecule has 1 atom stereocenters. The smallest absolute Gasteiger partial charge is 0.191 e. The highest BCUT2D eigenvalue weighted by molar-refractivity contribution is 6.30. The van der Waals surface area contributed by atoms with Gasteiger partial charge in [-0.15, -0.1) is 0 Å². The van der Waals surface area contributed by atoms with Crippen LogP contribution in [0, 0.1) is 0 Å². The Morgan fingerprint density at radius 2 is 2.11 bits per heavy atom. The summed E-state index contributed by atoms with van der Waals surface area (Å²) in [6, 6.07) is 5.84. The number of halogens is 1. The summed E-state index contributed by atoms with van der Waals surface area (Å²) >= 11 is 6.31. The first-order valence-electron chi connectivity index (χ1n) is 9.65. The molecular weight excluding hydrogens is 366 g/mol. The number of nitrogens with one attached hydrogen (secondary N) is 2. The zero-order chi connectivity index (χ0) is 19.1. The van der Waals surface area contributed by atoms with E-state index in [2.05, 4.69) is 15.6 Å². The number of ether oxygens (including phenoxy) is 3. The normalized spacial score (nSPS) is 22.5. The number of benzene rings is 1. The molecule has 0 bridgehead atoms. The zero-order valence-corrected chi connectivity index (χ0v) is 17.0. The number of nitrogens with zero attached hydrogens (tertiary/aromatic N) is 1. The minimum atomic E-state index is -0.115. The standard InChI is InChI=1S/C20H30ClN3O3/c1-22-19(23-13-16-4-3-9-27-16)24-14-20(7-10-26-11-8-20)17-12-15(21)5-6-18(17)25-2/h5-6,12,16H,3-4,7-11,13-14H2,1-2H3,(H2,22,23,24). The minimum absolute atomic E-state index is 0.115. The summed E-state index contributed by atoms with van der Waals surface area (Å²) in [6.07, 6.45) is 4.31. The van der Waals surface area contributed by atoms with Gasteiger partial charge in [0.1, 0.15) is 5.75 Å². The van der Waals surface area contributed by atoms with E-state index in [1.807, 2.05) is 18.2 Å². The molecule has 27 heavy (non-hydrogen) atoms. The van der Waals surface area contributed by atoms with Crippen molar-refractivity contribution in [2.45, 2.75) is 37.2 Å². The van der Waals surface area contributed by atoms with Crippen molar-refractivity contribution in [2.75, 3.05) is 47.1 Å². The van der Waals surface area contributed by atoms with Crippen LogP contribution in [0.5, 0.6) is 5.75 Å². The molecule has 1 unspecified atom stereocenters. The van der Waals surface area contributed by atoms with E-state index in [0.29, 0.717) is 0 Å². The lowest BCUT2D eigenvalue weighted by Gasteiger charge is -2.39. The fourth-order valence-electron chi connectivity index (χ4n) is 3.89. The summed E-state index contributed by atoms with van der Waals surface area (Å²) in [5.41, 5.74) is 1.01. The maximum absolute atomic E-state index is 6.31. The van der Waals surface area contributed by atoms with Gasteiger partial charge >= 0.3 is 0 Å². The monoisotopic (exact) mass is 395 g/mol. The second-order valence-corrected chi connectivity index (χ2v) is 7.62. The third-order valence-electron chi connectivity index (χ3n) is 5.52. The molecule has 0 saturated carbocycles. The van der Waals surface area contributed by atoms with Crippen molar-refractivity contribution in [3.8, 4) is 5.75 Å². The molecule has 1 aromatic rings. The van der Waals surface area contributed by atoms with E-state index in [-0.39, 0.29) is 11.5 Å². The molecule has 0 radical (unpaired) electrons. The van der Waals surface area contributed by atoms with Crippen LogP contribution in [-0.2, 0) is 14.9 Å². The summed E-state index contributed by atoms with van der Waals surface area (Å²) in [7, 11) is 3.50. The van der Waals surface area contributed by atoms with Gasteiger partial charge in [-0.3, -0.25) is 4.99 Å². The summed E-state index contributed by atoms with van der Waals surface area (Å²) in [5.74, 6) is 1.66. The zero-order valence-electron chi connectivity index (χ0n) is 16.2. The van der Waals surface area contributed by atoms with Crippen LogP contribution in [-0.4, -0.2) is 59.1 Å². The van der Waals surface area contributed by atoms with Crippen molar-refractivity contribution in [1.29, 1.82) is 0 Å². The largest absolute Gasteiger partial charge is 0.496 e. The Morgan fingerprint density at radius 1 is 1.30 bits per heavy atom. The number of methoxy groups -OCH3 is 1. The van der Waals surface area contributed by atoms with Gasteiger partial charge in [-0.05, 0) is 43.9 Å². The summed E-state index contributed by atoms with van der Waals surface area (Å²) in [4.78, 5) is 4.37. The van der Waals surface area contributed by atoms with Crippen LogP contribution < -0.4 is 15.4 Å². The van der Waals surface area contributed by atoms with Crippen molar-refractivity contribution in [3.63, 3.8) is 0 Å². The van der Waals surface area contributed by atoms with E-state index in [9.17, 15) is 0 Å². The van der Waals surface area contributed by atoms with Crippen LogP contribution in [0.4, 0.5) is 0 Å². The highest BCUT2D eigenvalue weighted by Gasteiger charge is 2.37. The molecular formula is C20H30ClN3O3. The first kappa shape index (κ1) is 20.2. The first-order valence-corrected chi connectivity index (χ1v) is 10.0. The van der Waals surface area contributed by atoms with Gasteiger partial charge < -0.3 is 24.8 Å². The Labute approximate surface area is 166 Å². The molecule has 2 heterocycles. The van der Waals surface area contributed by atoms with E-state index >= 15 is 0 Å². The molecule has 6 nitrogen and oxygen atoms in total. The van der Waals surface area contributed by atoms with E-state index < -0.39 is 0 Å². The lowest BCUT2D eigenvalue weighted by Crippen LogP contribution is -2.49. The van der Waals surface area contributed by atoms with E-state index in [1.165, 1.54) is 0 Å². The summed E-state index contributed by atoms with van der Waals surface area (Å²) in [5, 5.41) is 7.61. The lowest BCUT2D eigenvalue weighted by atomic mass is 9.73. The van der Waals surface area contributed by atoms with Crippen molar-refractivity contribution in [2.24, 2.45) is 4.99 Å². The average molecular weight is 396 g/mol. The Hall–Kier alpha value is -1.50. The maximum Gasteiger partial charge on any atom is 0.191 e. The highest BCUT2D eigenvalue weighted by Crippen LogP contribution is 2.40. The Morgan fingerprint density at radius 3 is 2.78 bits per heavy atom. The van der Waals surface area contributed by atoms with Gasteiger partial charge in [0.15, 0.2) is 5.96 Å². The van der Waals surface area contributed by atoms with Gasteiger partial charge in [-0.25, -0.2) is 0 Å². The van der Waals surface area contributed by atoms with Crippen LogP contribution in [0.25, 0.3) is 0 Å². The minimum Gasteiger partial charge on any atom is -0.496 e. The van der Waals surface area contributed by atoms with Crippen LogP contribution in [0.2, 0.25) is 5.02 Å². The molecule has 150 valence electrons. The Bertz CT molecular complexity index is 641. The van der Waals surface area contributed by atoms with E-state index in [1.54, 1.807) is 14.2 Å². The topological polar surface area (TPSA) is 64.1 Å². The molecule has 1 aromatic carbocycles. The summed E-state index contributed by atoms with van der Waals surface area (Å²) in [6.45, 7) is 3.81. The van der Waals surface area contributed by atoms with Gasteiger partial charge in [-0.2, -0.15) is 0 Å². The number of rotatable bonds is 6. The van der Waals surface area contributed by atoms with E-state index in [4.69, 9.17) is 25.8 Å². The molecule has 0 aliphatic carbocycles. The van der Waals surface area contributed by atoms with Crippen LogP contribution in [0.1, 0.15) is 31.2 Å². The van der Waals surface area contributed by atoms with Gasteiger partial charge in [0.25, 0.3) is 0 Å². The number of hydrogen-bond acceptors (Lipinski definition) is 4. The van der Waals surface area contributed by atoms with Crippen molar-refractivity contribution in [1.82, 2.24) is 10.6 Å². The first-order chi connectivity index (χ1) is 13.2. The molecule has 2 N–H and O–H groups in total. The predicted octanol–water partition coefficient (Wildman–Crippen LogP) is 2.74. The molecule has 2 saturated heterocycles. The third-order valence-corrected chi connectivity index (χ3v) is 5.76. The Kier molecular flexibility index (Phi) is 7.21. The predicted molar refractivity (Wildman–Crippen MR) is 108 cm³/mol. The van der Waals surface area contributed by atoms with Gasteiger partial charge in [0.05, 0.1) is 13.2 Å². The molecule has 7 heteroatoms. The van der Waals surface area contributed by atoms with Crippen molar-refractivity contribution < 1.29 is 14.2 Å². The van der Waals surface area contributed by atoms with Gasteiger partial charge in [0, 0.05) is 56.0 Å². The summed E-state index contributed by atoms with van der Waals surface area (Å²) < 4.78 is 17.0. The molecule has 2 aliphatic heterocycles. The number of hydrogen-bond donors (Lipinski definition) is 2. The van der Waals surface area contributed by atoms with Crippen LogP contribution in [0.15, 0.2) is 23.2 Å². The average Bonchev–Trinajstić information content (AvgIpc) is 3.22. The molecule has 2 aliphatic rings. The molecule has 0 spiro atoms. The fraction of sp³-hybridized carbons (Fsp3) is 0.650. The molecule has 3 rings (SSSR count). The van der Waals surface area contributed by atoms with Gasteiger partial charge in [-0.1, -0.05) is 11.6 Å². The maximum atomic E-state index is 6.31. The SMILES string of the molecule is CN=C(NCC1CCCO1)NCC1(c2cc(Cl)ccc2OC)CCOCC1. The second-order valence-electron chi connectivity index (χ2n) is 7.18. The Balaban J connectivity index is 1.72. The lowest BCUT2D eigenvalue weighted by molar-refractivity contribution is 0.0505. The van der Waals surface area contributed by atoms with E-state index in [0.717, 1.165) is 80.9 Å². The third kappa shape index (κ3) is 5.06. The quantitative estimate of drug-likeness (QED) is 0.572. The highest BCUT2D eigenvalue weighted by atomic mass is 35.5. The molecule has 2 fully saturated rings. The van der Waals surface area contributed by atoms with Gasteiger partial charge in [0.2, 0.25) is 0 Å². The molecule has 0 amide bonds. The van der Waals surface area contributed by atoms with Crippen LogP contribution >= 0.6 is 11.6 Å². The fourth-order valence-corrected chi connectivity index (χ4v) is 4.06.